The van der Waals surface area contributed by atoms with E-state index in [1.165, 1.54) is 0 Å². The van der Waals surface area contributed by atoms with Crippen molar-refractivity contribution in [2.45, 2.75) is 26.4 Å². The second-order valence-electron chi connectivity index (χ2n) is 7.75. The van der Waals surface area contributed by atoms with Crippen molar-refractivity contribution in [1.82, 2.24) is 0 Å². The highest BCUT2D eigenvalue weighted by atomic mass is 35.5. The molecule has 34 heavy (non-hydrogen) atoms. The standard InChI is InChI=1S/C28H29ClO5/c1-4-33-27(28(30)31)17-20-5-12-24(13-6-20)34-16-15-19(2)21-7-9-22(10-8-21)25-18-23(29)11-14-26(25)32-3/h5-15,18,27H,4,16-17H2,1-3H3,(H,30,31)/b19-15-. The number of ether oxygens (including phenoxy) is 3. The largest absolute Gasteiger partial charge is 0.496 e. The Bertz CT molecular complexity index is 1120. The molecule has 0 bridgehead atoms. The van der Waals surface area contributed by atoms with Crippen molar-refractivity contribution >= 4 is 23.1 Å². The summed E-state index contributed by atoms with van der Waals surface area (Å²) < 4.78 is 16.6. The molecule has 0 amide bonds. The minimum Gasteiger partial charge on any atom is -0.496 e. The van der Waals surface area contributed by atoms with Crippen LogP contribution in [0.5, 0.6) is 11.5 Å². The minimum absolute atomic E-state index is 0.319. The van der Waals surface area contributed by atoms with Crippen LogP contribution in [-0.2, 0) is 16.0 Å². The molecule has 1 unspecified atom stereocenters. The fourth-order valence-electron chi connectivity index (χ4n) is 3.55. The van der Waals surface area contributed by atoms with Crippen LogP contribution in [0.1, 0.15) is 25.0 Å². The number of aliphatic carboxylic acids is 1. The number of carboxylic acid groups (broad SMARTS) is 1. The number of halogens is 1. The molecule has 0 fully saturated rings. The summed E-state index contributed by atoms with van der Waals surface area (Å²) in [7, 11) is 1.65. The highest BCUT2D eigenvalue weighted by Crippen LogP contribution is 2.33. The first-order chi connectivity index (χ1) is 16.4. The lowest BCUT2D eigenvalue weighted by molar-refractivity contribution is -0.149. The molecule has 3 aromatic rings. The zero-order valence-electron chi connectivity index (χ0n) is 19.6. The molecule has 0 saturated heterocycles. The van der Waals surface area contributed by atoms with Gasteiger partial charge >= 0.3 is 5.97 Å². The molecule has 5 nitrogen and oxygen atoms in total. The molecule has 6 heteroatoms. The molecule has 0 spiro atoms. The maximum Gasteiger partial charge on any atom is 0.333 e. The van der Waals surface area contributed by atoms with Crippen molar-refractivity contribution in [3.63, 3.8) is 0 Å². The third-order valence-electron chi connectivity index (χ3n) is 5.44. The van der Waals surface area contributed by atoms with Gasteiger partial charge in [0, 0.05) is 23.6 Å². The minimum atomic E-state index is -0.956. The summed E-state index contributed by atoms with van der Waals surface area (Å²) >= 11 is 6.16. The van der Waals surface area contributed by atoms with E-state index in [0.717, 1.165) is 39.3 Å². The number of allylic oxidation sites excluding steroid dienone is 1. The number of hydrogen-bond donors (Lipinski definition) is 1. The van der Waals surface area contributed by atoms with Gasteiger partial charge in [-0.15, -0.1) is 0 Å². The molecule has 0 aliphatic carbocycles. The van der Waals surface area contributed by atoms with E-state index < -0.39 is 12.1 Å². The topological polar surface area (TPSA) is 65.0 Å². The van der Waals surface area contributed by atoms with Crippen LogP contribution in [-0.4, -0.2) is 37.5 Å². The van der Waals surface area contributed by atoms with E-state index in [2.05, 4.69) is 12.1 Å². The molecule has 0 aliphatic rings. The van der Waals surface area contributed by atoms with E-state index in [9.17, 15) is 9.90 Å². The Morgan fingerprint density at radius 2 is 1.76 bits per heavy atom. The van der Waals surface area contributed by atoms with Crippen LogP contribution in [0, 0.1) is 0 Å². The molecule has 0 aliphatic heterocycles. The lowest BCUT2D eigenvalue weighted by Gasteiger charge is -2.12. The van der Waals surface area contributed by atoms with Gasteiger partial charge in [-0.2, -0.15) is 0 Å². The maximum absolute atomic E-state index is 11.2. The van der Waals surface area contributed by atoms with Crippen LogP contribution >= 0.6 is 11.6 Å². The fourth-order valence-corrected chi connectivity index (χ4v) is 3.73. The van der Waals surface area contributed by atoms with Gasteiger partial charge in [-0.05, 0) is 72.5 Å². The van der Waals surface area contributed by atoms with Gasteiger partial charge in [0.05, 0.1) is 7.11 Å². The van der Waals surface area contributed by atoms with Crippen LogP contribution < -0.4 is 9.47 Å². The number of rotatable bonds is 11. The molecule has 1 atom stereocenters. The van der Waals surface area contributed by atoms with Gasteiger partial charge in [0.2, 0.25) is 0 Å². The highest BCUT2D eigenvalue weighted by Gasteiger charge is 2.17. The number of methoxy groups -OCH3 is 1. The van der Waals surface area contributed by atoms with Crippen LogP contribution in [0.2, 0.25) is 5.02 Å². The van der Waals surface area contributed by atoms with Gasteiger partial charge in [0.15, 0.2) is 6.10 Å². The lowest BCUT2D eigenvalue weighted by Crippen LogP contribution is -2.26. The number of benzene rings is 3. The first-order valence-electron chi connectivity index (χ1n) is 11.1. The third kappa shape index (κ3) is 6.86. The molecule has 0 aromatic heterocycles. The Morgan fingerprint density at radius 3 is 2.38 bits per heavy atom. The van der Waals surface area contributed by atoms with Gasteiger partial charge in [0.25, 0.3) is 0 Å². The number of carbonyl (C=O) groups is 1. The van der Waals surface area contributed by atoms with Crippen molar-refractivity contribution in [2.24, 2.45) is 0 Å². The predicted octanol–water partition coefficient (Wildman–Crippen LogP) is 6.53. The van der Waals surface area contributed by atoms with Crippen molar-refractivity contribution < 1.29 is 24.1 Å². The second-order valence-corrected chi connectivity index (χ2v) is 8.19. The summed E-state index contributed by atoms with van der Waals surface area (Å²) in [6.45, 7) is 4.61. The van der Waals surface area contributed by atoms with Gasteiger partial charge in [0.1, 0.15) is 18.1 Å². The van der Waals surface area contributed by atoms with Crippen LogP contribution in [0.3, 0.4) is 0 Å². The molecular formula is C28H29ClO5. The Balaban J connectivity index is 1.59. The molecule has 3 rings (SSSR count). The van der Waals surface area contributed by atoms with Gasteiger partial charge in [-0.25, -0.2) is 4.79 Å². The van der Waals surface area contributed by atoms with Crippen LogP contribution in [0.4, 0.5) is 0 Å². The average Bonchev–Trinajstić information content (AvgIpc) is 2.84. The van der Waals surface area contributed by atoms with E-state index >= 15 is 0 Å². The van der Waals surface area contributed by atoms with Crippen molar-refractivity contribution in [3.05, 3.63) is 89.0 Å². The van der Waals surface area contributed by atoms with E-state index in [4.69, 9.17) is 25.8 Å². The zero-order valence-corrected chi connectivity index (χ0v) is 20.3. The Kier molecular flexibility index (Phi) is 9.14. The summed E-state index contributed by atoms with van der Waals surface area (Å²) in [6.07, 6.45) is 1.51. The quantitative estimate of drug-likeness (QED) is 0.338. The maximum atomic E-state index is 11.2. The zero-order chi connectivity index (χ0) is 24.5. The Morgan fingerprint density at radius 1 is 1.06 bits per heavy atom. The van der Waals surface area contributed by atoms with Crippen LogP contribution in [0.25, 0.3) is 16.7 Å². The molecular weight excluding hydrogens is 452 g/mol. The normalized spacial score (nSPS) is 12.3. The van der Waals surface area contributed by atoms with Crippen molar-refractivity contribution in [3.8, 4) is 22.6 Å². The summed E-state index contributed by atoms with van der Waals surface area (Å²) in [4.78, 5) is 11.2. The summed E-state index contributed by atoms with van der Waals surface area (Å²) in [5, 5.41) is 9.89. The van der Waals surface area contributed by atoms with E-state index in [-0.39, 0.29) is 0 Å². The lowest BCUT2D eigenvalue weighted by atomic mass is 10.0. The van der Waals surface area contributed by atoms with Gasteiger partial charge < -0.3 is 19.3 Å². The first kappa shape index (κ1) is 25.3. The Hall–Kier alpha value is -3.28. The van der Waals surface area contributed by atoms with Gasteiger partial charge in [-0.3, -0.25) is 0 Å². The number of carboxylic acids is 1. The van der Waals surface area contributed by atoms with Crippen molar-refractivity contribution in [2.75, 3.05) is 20.3 Å². The van der Waals surface area contributed by atoms with Crippen LogP contribution in [0.15, 0.2) is 72.8 Å². The summed E-state index contributed by atoms with van der Waals surface area (Å²) in [6, 6.07) is 21.2. The number of hydrogen-bond acceptors (Lipinski definition) is 4. The molecule has 1 N–H and O–H groups in total. The fraction of sp³-hybridized carbons (Fsp3) is 0.250. The first-order valence-corrected chi connectivity index (χ1v) is 11.5. The SMILES string of the molecule is CCOC(Cc1ccc(OC/C=C(/C)c2ccc(-c3cc(Cl)ccc3OC)cc2)cc1)C(=O)O. The molecule has 3 aromatic carbocycles. The van der Waals surface area contributed by atoms with E-state index in [1.807, 2.05) is 67.6 Å². The predicted molar refractivity (Wildman–Crippen MR) is 136 cm³/mol. The van der Waals surface area contributed by atoms with E-state index in [1.54, 1.807) is 14.0 Å². The molecule has 0 radical (unpaired) electrons. The second kappa shape index (κ2) is 12.3. The molecule has 178 valence electrons. The van der Waals surface area contributed by atoms with E-state index in [0.29, 0.717) is 24.7 Å². The van der Waals surface area contributed by atoms with Crippen molar-refractivity contribution in [1.29, 1.82) is 0 Å². The molecule has 0 heterocycles. The average molecular weight is 481 g/mol. The molecule has 0 saturated carbocycles. The van der Waals surface area contributed by atoms with Gasteiger partial charge in [-0.1, -0.05) is 48.0 Å². The highest BCUT2D eigenvalue weighted by molar-refractivity contribution is 6.31. The summed E-state index contributed by atoms with van der Waals surface area (Å²) in [5.41, 5.74) is 5.06. The Labute approximate surface area is 205 Å². The third-order valence-corrected chi connectivity index (χ3v) is 5.68. The monoisotopic (exact) mass is 480 g/mol. The smallest absolute Gasteiger partial charge is 0.333 e. The summed E-state index contributed by atoms with van der Waals surface area (Å²) in [5.74, 6) is 0.544.